The van der Waals surface area contributed by atoms with Crippen LogP contribution in [0.4, 0.5) is 4.79 Å². The molecular formula is C23H31BN2O5S. The monoisotopic (exact) mass is 458 g/mol. The summed E-state index contributed by atoms with van der Waals surface area (Å²) in [5.74, 6) is 3.64. The Kier molecular flexibility index (Phi) is 6.23. The number of nitrogens with zero attached hydrogens (tertiary/aromatic N) is 1. The average molecular weight is 458 g/mol. The first-order valence-corrected chi connectivity index (χ1v) is 12.1. The third-order valence-corrected chi connectivity index (χ3v) is 7.00. The maximum atomic E-state index is 12.8. The molecule has 0 bridgehead atoms. The predicted octanol–water partition coefficient (Wildman–Crippen LogP) is 3.56. The lowest BCUT2D eigenvalue weighted by Crippen LogP contribution is -2.41. The quantitative estimate of drug-likeness (QED) is 0.557. The number of hydrogen-bond acceptors (Lipinski definition) is 6. The van der Waals surface area contributed by atoms with Gasteiger partial charge in [0.05, 0.1) is 31.5 Å². The van der Waals surface area contributed by atoms with Crippen LogP contribution in [-0.2, 0) is 23.8 Å². The fourth-order valence-corrected chi connectivity index (χ4v) is 3.97. The predicted molar refractivity (Wildman–Crippen MR) is 128 cm³/mol. The molecule has 1 aromatic carbocycles. The molecule has 172 valence electrons. The Bertz CT molecular complexity index is 1070. The lowest BCUT2D eigenvalue weighted by atomic mass is 9.79. The van der Waals surface area contributed by atoms with Crippen LogP contribution in [0, 0.1) is 0 Å². The number of amides is 1. The second kappa shape index (κ2) is 8.21. The number of carbonyl (C=O) groups is 1. The van der Waals surface area contributed by atoms with E-state index >= 15 is 0 Å². The van der Waals surface area contributed by atoms with Crippen LogP contribution in [-0.4, -0.2) is 45.1 Å². The minimum absolute atomic E-state index is 0.306. The molecule has 0 aliphatic carbocycles. The Morgan fingerprint density at radius 2 is 1.62 bits per heavy atom. The highest BCUT2D eigenvalue weighted by molar-refractivity contribution is 7.99. The average Bonchev–Trinajstić information content (AvgIpc) is 2.87. The molecule has 1 aliphatic heterocycles. The lowest BCUT2D eigenvalue weighted by Gasteiger charge is -2.32. The number of hydrogen-bond donors (Lipinski definition) is 1. The van der Waals surface area contributed by atoms with E-state index in [9.17, 15) is 9.00 Å². The molecule has 1 unspecified atom stereocenters. The number of ether oxygens (including phenoxy) is 1. The summed E-state index contributed by atoms with van der Waals surface area (Å²) in [4.78, 5) is 16.7. The van der Waals surface area contributed by atoms with Crippen LogP contribution < -0.4 is 10.2 Å². The third kappa shape index (κ3) is 5.34. The van der Waals surface area contributed by atoms with Gasteiger partial charge < -0.3 is 14.0 Å². The van der Waals surface area contributed by atoms with Crippen LogP contribution in [0.5, 0.6) is 0 Å². The molecule has 1 aliphatic rings. The highest BCUT2D eigenvalue weighted by atomic mass is 32.2. The molecule has 2 aromatic rings. The Morgan fingerprint density at radius 3 is 2.09 bits per heavy atom. The van der Waals surface area contributed by atoms with Gasteiger partial charge in [-0.2, -0.15) is 0 Å². The van der Waals surface area contributed by atoms with Crippen LogP contribution in [0.3, 0.4) is 0 Å². The van der Waals surface area contributed by atoms with Gasteiger partial charge >= 0.3 is 13.2 Å². The zero-order valence-corrected chi connectivity index (χ0v) is 20.5. The van der Waals surface area contributed by atoms with Crippen molar-refractivity contribution < 1.29 is 23.0 Å². The number of aromatic nitrogens is 1. The molecule has 1 N–H and O–H groups in total. The highest BCUT2D eigenvalue weighted by Gasteiger charge is 2.51. The zero-order valence-electron chi connectivity index (χ0n) is 19.7. The first-order valence-electron chi connectivity index (χ1n) is 10.4. The molecule has 1 atom stereocenters. The molecule has 7 nitrogen and oxygen atoms in total. The van der Waals surface area contributed by atoms with E-state index in [2.05, 4.69) is 15.6 Å². The van der Waals surface area contributed by atoms with Gasteiger partial charge in [0.1, 0.15) is 5.60 Å². The van der Waals surface area contributed by atoms with E-state index in [0.717, 1.165) is 11.0 Å². The van der Waals surface area contributed by atoms with E-state index in [-0.39, 0.29) is 0 Å². The summed E-state index contributed by atoms with van der Waals surface area (Å²) < 4.78 is 32.5. The molecule has 0 saturated carbocycles. The standard InChI is InChI=1S/C23H31BN2O5S/c1-21(2,3)29-20(27)26-32(8,28)18-13-14-19(25-15-18)16-9-11-17(12-10-16)24-30-22(4,5)23(6,7)31-24/h9-15H,8H2,1-7H3,(H,26,27,28). The van der Waals surface area contributed by atoms with E-state index in [1.165, 1.54) is 6.20 Å². The molecule has 2 heterocycles. The van der Waals surface area contributed by atoms with Crippen molar-refractivity contribution in [2.45, 2.75) is 70.2 Å². The molecule has 1 aromatic heterocycles. The molecule has 32 heavy (non-hydrogen) atoms. The van der Waals surface area contributed by atoms with Crippen molar-refractivity contribution in [2.24, 2.45) is 0 Å². The van der Waals surface area contributed by atoms with Crippen molar-refractivity contribution in [1.82, 2.24) is 9.71 Å². The van der Waals surface area contributed by atoms with E-state index < -0.39 is 39.7 Å². The molecule has 0 radical (unpaired) electrons. The van der Waals surface area contributed by atoms with E-state index in [1.807, 2.05) is 52.0 Å². The number of benzene rings is 1. The number of carbonyl (C=O) groups excluding carboxylic acids is 1. The van der Waals surface area contributed by atoms with Crippen molar-refractivity contribution in [2.75, 3.05) is 0 Å². The molecule has 0 spiro atoms. The van der Waals surface area contributed by atoms with Crippen molar-refractivity contribution in [3.63, 3.8) is 0 Å². The summed E-state index contributed by atoms with van der Waals surface area (Å²) in [7, 11) is -3.52. The molecule has 3 rings (SSSR count). The van der Waals surface area contributed by atoms with Gasteiger partial charge in [-0.3, -0.25) is 4.98 Å². The normalized spacial score (nSPS) is 19.3. The Morgan fingerprint density at radius 1 is 1.06 bits per heavy atom. The van der Waals surface area contributed by atoms with Gasteiger partial charge in [0, 0.05) is 11.8 Å². The smallest absolute Gasteiger partial charge is 0.443 e. The summed E-state index contributed by atoms with van der Waals surface area (Å²) in [6.45, 7) is 13.3. The van der Waals surface area contributed by atoms with E-state index in [4.69, 9.17) is 14.0 Å². The van der Waals surface area contributed by atoms with Gasteiger partial charge in [-0.15, -0.1) is 0 Å². The summed E-state index contributed by atoms with van der Waals surface area (Å²) in [5.41, 5.74) is 0.999. The summed E-state index contributed by atoms with van der Waals surface area (Å²) in [6.07, 6.45) is 0.657. The fourth-order valence-electron chi connectivity index (χ4n) is 3.03. The molecule has 1 amide bonds. The minimum Gasteiger partial charge on any atom is -0.443 e. The van der Waals surface area contributed by atoms with Crippen LogP contribution >= 0.6 is 0 Å². The molecular weight excluding hydrogens is 427 g/mol. The van der Waals surface area contributed by atoms with Gasteiger partial charge in [-0.1, -0.05) is 24.3 Å². The zero-order chi connectivity index (χ0) is 23.9. The van der Waals surface area contributed by atoms with E-state index in [1.54, 1.807) is 32.9 Å². The van der Waals surface area contributed by atoms with Crippen LogP contribution in [0.25, 0.3) is 11.3 Å². The Balaban J connectivity index is 1.72. The summed E-state index contributed by atoms with van der Waals surface area (Å²) >= 11 is 0. The van der Waals surface area contributed by atoms with Crippen LogP contribution in [0.2, 0.25) is 0 Å². The van der Waals surface area contributed by atoms with Crippen LogP contribution in [0.1, 0.15) is 48.5 Å². The van der Waals surface area contributed by atoms with Gasteiger partial charge in [0.2, 0.25) is 0 Å². The topological polar surface area (TPSA) is 86.8 Å². The van der Waals surface area contributed by atoms with Gasteiger partial charge in [-0.25, -0.2) is 13.7 Å². The second-order valence-electron chi connectivity index (χ2n) is 9.87. The van der Waals surface area contributed by atoms with Crippen molar-refractivity contribution in [1.29, 1.82) is 0 Å². The van der Waals surface area contributed by atoms with E-state index in [0.29, 0.717) is 10.6 Å². The second-order valence-corrected chi connectivity index (χ2v) is 11.9. The maximum Gasteiger partial charge on any atom is 0.494 e. The summed E-state index contributed by atoms with van der Waals surface area (Å²) in [6, 6.07) is 11.1. The third-order valence-electron chi connectivity index (χ3n) is 5.50. The van der Waals surface area contributed by atoms with Gasteiger partial charge in [-0.05, 0) is 71.9 Å². The van der Waals surface area contributed by atoms with Crippen molar-refractivity contribution in [3.8, 4) is 11.3 Å². The minimum atomic E-state index is -3.09. The van der Waals surface area contributed by atoms with Crippen LogP contribution in [0.15, 0.2) is 47.5 Å². The molecule has 9 heteroatoms. The largest absolute Gasteiger partial charge is 0.494 e. The lowest BCUT2D eigenvalue weighted by molar-refractivity contribution is 0.00578. The Labute approximate surface area is 191 Å². The highest BCUT2D eigenvalue weighted by Crippen LogP contribution is 2.36. The first kappa shape index (κ1) is 24.3. The van der Waals surface area contributed by atoms with Crippen molar-refractivity contribution in [3.05, 3.63) is 42.6 Å². The number of nitrogens with one attached hydrogen (secondary N) is 1. The number of pyridine rings is 1. The first-order chi connectivity index (χ1) is 14.6. The summed E-state index contributed by atoms with van der Waals surface area (Å²) in [5, 5.41) is 0. The number of rotatable bonds is 4. The van der Waals surface area contributed by atoms with Gasteiger partial charge in [0.25, 0.3) is 0 Å². The van der Waals surface area contributed by atoms with Gasteiger partial charge in [0.15, 0.2) is 0 Å². The maximum absolute atomic E-state index is 12.8. The molecule has 1 saturated heterocycles. The van der Waals surface area contributed by atoms with Crippen molar-refractivity contribution >= 4 is 34.3 Å². The fraction of sp³-hybridized carbons (Fsp3) is 0.435. The molecule has 1 fully saturated rings. The SMILES string of the molecule is C=S(=O)(NC(=O)OC(C)(C)C)c1ccc(-c2ccc(B3OC(C)(C)C(C)(C)O3)cc2)nc1. The Hall–Kier alpha value is -2.36.